The van der Waals surface area contributed by atoms with Gasteiger partial charge in [0.1, 0.15) is 0 Å². The standard InChI is InChI=1S/C12H24N2O3/c1-17-9-4-2-3-8-13-11(15)14-10-12(16)6-5-7-12/h16H,2-10H2,1H3,(H2,13,14,15). The molecule has 100 valence electrons. The first-order valence-corrected chi connectivity index (χ1v) is 6.39. The Morgan fingerprint density at radius 3 is 2.65 bits per heavy atom. The van der Waals surface area contributed by atoms with Crippen LogP contribution in [-0.4, -0.2) is 43.5 Å². The lowest BCUT2D eigenvalue weighted by molar-refractivity contribution is -0.0290. The second kappa shape index (κ2) is 7.50. The number of ether oxygens (including phenoxy) is 1. The molecular formula is C12H24N2O3. The van der Waals surface area contributed by atoms with E-state index in [-0.39, 0.29) is 6.03 Å². The molecule has 2 amide bonds. The molecule has 5 heteroatoms. The molecule has 0 aromatic carbocycles. The van der Waals surface area contributed by atoms with Gasteiger partial charge in [0.2, 0.25) is 0 Å². The van der Waals surface area contributed by atoms with Crippen LogP contribution in [0.4, 0.5) is 4.79 Å². The maximum atomic E-state index is 11.4. The summed E-state index contributed by atoms with van der Waals surface area (Å²) < 4.78 is 4.94. The van der Waals surface area contributed by atoms with Crippen LogP contribution in [0.3, 0.4) is 0 Å². The molecule has 0 heterocycles. The topological polar surface area (TPSA) is 70.6 Å². The summed E-state index contributed by atoms with van der Waals surface area (Å²) in [6.45, 7) is 1.82. The molecule has 0 aromatic rings. The molecule has 17 heavy (non-hydrogen) atoms. The van der Waals surface area contributed by atoms with Crippen LogP contribution in [0.5, 0.6) is 0 Å². The molecule has 0 atom stereocenters. The van der Waals surface area contributed by atoms with Gasteiger partial charge in [0.25, 0.3) is 0 Å². The number of unbranched alkanes of at least 4 members (excludes halogenated alkanes) is 2. The number of rotatable bonds is 8. The summed E-state index contributed by atoms with van der Waals surface area (Å²) in [5, 5.41) is 15.3. The number of nitrogens with one attached hydrogen (secondary N) is 2. The predicted octanol–water partition coefficient (Wildman–Crippen LogP) is 1.02. The van der Waals surface area contributed by atoms with Gasteiger partial charge < -0.3 is 20.5 Å². The van der Waals surface area contributed by atoms with Crippen molar-refractivity contribution in [3.8, 4) is 0 Å². The van der Waals surface area contributed by atoms with Gasteiger partial charge in [-0.15, -0.1) is 0 Å². The minimum absolute atomic E-state index is 0.183. The van der Waals surface area contributed by atoms with Crippen LogP contribution in [0.25, 0.3) is 0 Å². The molecule has 1 saturated carbocycles. The van der Waals surface area contributed by atoms with Crippen molar-refractivity contribution in [2.75, 3.05) is 26.8 Å². The fourth-order valence-corrected chi connectivity index (χ4v) is 1.82. The van der Waals surface area contributed by atoms with Crippen molar-refractivity contribution in [2.24, 2.45) is 0 Å². The number of carbonyl (C=O) groups excluding carboxylic acids is 1. The summed E-state index contributed by atoms with van der Waals surface area (Å²) in [6, 6.07) is -0.183. The fraction of sp³-hybridized carbons (Fsp3) is 0.917. The van der Waals surface area contributed by atoms with Crippen LogP contribution in [0.2, 0.25) is 0 Å². The summed E-state index contributed by atoms with van der Waals surface area (Å²) in [5.41, 5.74) is -0.643. The van der Waals surface area contributed by atoms with Crippen molar-refractivity contribution >= 4 is 6.03 Å². The van der Waals surface area contributed by atoms with Gasteiger partial charge in [-0.25, -0.2) is 4.79 Å². The van der Waals surface area contributed by atoms with E-state index in [2.05, 4.69) is 10.6 Å². The SMILES string of the molecule is COCCCCCNC(=O)NCC1(O)CCC1. The lowest BCUT2D eigenvalue weighted by Gasteiger charge is -2.36. The van der Waals surface area contributed by atoms with Crippen molar-refractivity contribution in [2.45, 2.75) is 44.1 Å². The van der Waals surface area contributed by atoms with Crippen LogP contribution in [0.15, 0.2) is 0 Å². The smallest absolute Gasteiger partial charge is 0.314 e. The highest BCUT2D eigenvalue weighted by molar-refractivity contribution is 5.73. The van der Waals surface area contributed by atoms with Gasteiger partial charge in [-0.2, -0.15) is 0 Å². The average Bonchev–Trinajstić information content (AvgIpc) is 2.28. The van der Waals surface area contributed by atoms with Crippen LogP contribution >= 0.6 is 0 Å². The van der Waals surface area contributed by atoms with Gasteiger partial charge in [0.15, 0.2) is 0 Å². The number of aliphatic hydroxyl groups is 1. The molecule has 5 nitrogen and oxygen atoms in total. The molecule has 0 saturated heterocycles. The van der Waals surface area contributed by atoms with Crippen molar-refractivity contribution < 1.29 is 14.6 Å². The maximum Gasteiger partial charge on any atom is 0.314 e. The van der Waals surface area contributed by atoms with Gasteiger partial charge in [-0.3, -0.25) is 0 Å². The van der Waals surface area contributed by atoms with Crippen LogP contribution in [0, 0.1) is 0 Å². The predicted molar refractivity (Wildman–Crippen MR) is 65.9 cm³/mol. The van der Waals surface area contributed by atoms with E-state index >= 15 is 0 Å². The number of methoxy groups -OCH3 is 1. The summed E-state index contributed by atoms with van der Waals surface area (Å²) >= 11 is 0. The lowest BCUT2D eigenvalue weighted by Crippen LogP contribution is -2.50. The molecule has 0 spiro atoms. The molecule has 0 radical (unpaired) electrons. The van der Waals surface area contributed by atoms with Crippen molar-refractivity contribution in [3.05, 3.63) is 0 Å². The van der Waals surface area contributed by atoms with E-state index in [0.29, 0.717) is 13.1 Å². The van der Waals surface area contributed by atoms with E-state index in [1.807, 2.05) is 0 Å². The minimum Gasteiger partial charge on any atom is -0.388 e. The molecule has 3 N–H and O–H groups in total. The Morgan fingerprint density at radius 2 is 2.06 bits per heavy atom. The van der Waals surface area contributed by atoms with Crippen molar-refractivity contribution in [1.82, 2.24) is 10.6 Å². The number of carbonyl (C=O) groups is 1. The highest BCUT2D eigenvalue weighted by Crippen LogP contribution is 2.30. The fourth-order valence-electron chi connectivity index (χ4n) is 1.82. The molecular weight excluding hydrogens is 220 g/mol. The van der Waals surface area contributed by atoms with Gasteiger partial charge >= 0.3 is 6.03 Å². The molecule has 1 fully saturated rings. The summed E-state index contributed by atoms with van der Waals surface area (Å²) in [6.07, 6.45) is 5.69. The van der Waals surface area contributed by atoms with Crippen LogP contribution in [-0.2, 0) is 4.74 Å². The van der Waals surface area contributed by atoms with E-state index in [1.54, 1.807) is 7.11 Å². The molecule has 1 rings (SSSR count). The quantitative estimate of drug-likeness (QED) is 0.558. The Bertz CT molecular complexity index is 230. The van der Waals surface area contributed by atoms with Crippen molar-refractivity contribution in [3.63, 3.8) is 0 Å². The second-order valence-corrected chi connectivity index (χ2v) is 4.74. The third kappa shape index (κ3) is 5.89. The Kier molecular flexibility index (Phi) is 6.29. The molecule has 0 unspecified atom stereocenters. The van der Waals surface area contributed by atoms with E-state index in [1.165, 1.54) is 0 Å². The van der Waals surface area contributed by atoms with E-state index in [4.69, 9.17) is 4.74 Å². The zero-order chi connectivity index (χ0) is 12.6. The summed E-state index contributed by atoms with van der Waals surface area (Å²) in [5.74, 6) is 0. The van der Waals surface area contributed by atoms with E-state index in [0.717, 1.165) is 45.1 Å². The number of amides is 2. The van der Waals surface area contributed by atoms with Gasteiger partial charge in [0.05, 0.1) is 5.60 Å². The summed E-state index contributed by atoms with van der Waals surface area (Å²) in [7, 11) is 1.69. The number of hydrogen-bond donors (Lipinski definition) is 3. The zero-order valence-corrected chi connectivity index (χ0v) is 10.6. The lowest BCUT2D eigenvalue weighted by atomic mass is 9.80. The number of urea groups is 1. The highest BCUT2D eigenvalue weighted by atomic mass is 16.5. The monoisotopic (exact) mass is 244 g/mol. The first kappa shape index (κ1) is 14.3. The molecule has 0 aromatic heterocycles. The number of hydrogen-bond acceptors (Lipinski definition) is 3. The Hall–Kier alpha value is -0.810. The van der Waals surface area contributed by atoms with Crippen LogP contribution in [0.1, 0.15) is 38.5 Å². The zero-order valence-electron chi connectivity index (χ0n) is 10.6. The normalized spacial score (nSPS) is 17.3. The first-order valence-electron chi connectivity index (χ1n) is 6.39. The van der Waals surface area contributed by atoms with E-state index in [9.17, 15) is 9.90 Å². The Labute approximate surface area is 103 Å². The second-order valence-electron chi connectivity index (χ2n) is 4.74. The molecule has 0 aliphatic heterocycles. The third-order valence-corrected chi connectivity index (χ3v) is 3.17. The Morgan fingerprint density at radius 1 is 1.29 bits per heavy atom. The largest absolute Gasteiger partial charge is 0.388 e. The molecule has 1 aliphatic carbocycles. The first-order chi connectivity index (χ1) is 8.16. The van der Waals surface area contributed by atoms with Gasteiger partial charge in [-0.05, 0) is 38.5 Å². The van der Waals surface area contributed by atoms with Gasteiger partial charge in [-0.1, -0.05) is 0 Å². The van der Waals surface area contributed by atoms with Gasteiger partial charge in [0, 0.05) is 26.8 Å². The highest BCUT2D eigenvalue weighted by Gasteiger charge is 2.34. The van der Waals surface area contributed by atoms with Crippen molar-refractivity contribution in [1.29, 1.82) is 0 Å². The minimum atomic E-state index is -0.643. The summed E-state index contributed by atoms with van der Waals surface area (Å²) in [4.78, 5) is 11.4. The molecule has 1 aliphatic rings. The maximum absolute atomic E-state index is 11.4. The third-order valence-electron chi connectivity index (χ3n) is 3.17. The molecule has 0 bridgehead atoms. The Balaban J connectivity index is 1.90. The van der Waals surface area contributed by atoms with E-state index < -0.39 is 5.60 Å². The average molecular weight is 244 g/mol. The van der Waals surface area contributed by atoms with Crippen LogP contribution < -0.4 is 10.6 Å².